The SMILES string of the molecule is N#CC(C#N)=Cc1ccc(NC(=O)COc2ccc(Cl)cc2Cl)cc1. The van der Waals surface area contributed by atoms with Crippen molar-refractivity contribution in [3.8, 4) is 17.9 Å². The molecule has 2 rings (SSSR count). The van der Waals surface area contributed by atoms with Crippen molar-refractivity contribution in [1.82, 2.24) is 0 Å². The number of benzene rings is 2. The van der Waals surface area contributed by atoms with Crippen molar-refractivity contribution >= 4 is 40.9 Å². The zero-order valence-corrected chi connectivity index (χ0v) is 14.3. The number of hydrogen-bond acceptors (Lipinski definition) is 4. The molecule has 0 unspecified atom stereocenters. The topological polar surface area (TPSA) is 85.9 Å². The van der Waals surface area contributed by atoms with Gasteiger partial charge in [0.25, 0.3) is 5.91 Å². The standard InChI is InChI=1S/C18H11Cl2N3O2/c19-14-3-6-17(16(20)8-14)25-11-18(24)23-15-4-1-12(2-5-15)7-13(9-21)10-22/h1-8H,11H2,(H,23,24). The molecule has 124 valence electrons. The Kier molecular flexibility index (Phi) is 6.42. The minimum atomic E-state index is -0.357. The van der Waals surface area contributed by atoms with Gasteiger partial charge in [0.1, 0.15) is 23.5 Å². The largest absolute Gasteiger partial charge is 0.482 e. The van der Waals surface area contributed by atoms with Gasteiger partial charge in [0.05, 0.1) is 5.02 Å². The molecule has 0 atom stereocenters. The molecule has 0 aromatic heterocycles. The molecule has 5 nitrogen and oxygen atoms in total. The molecule has 1 amide bonds. The number of ether oxygens (including phenoxy) is 1. The Morgan fingerprint density at radius 3 is 2.40 bits per heavy atom. The lowest BCUT2D eigenvalue weighted by atomic mass is 10.1. The van der Waals surface area contributed by atoms with E-state index in [0.717, 1.165) is 0 Å². The van der Waals surface area contributed by atoms with Crippen LogP contribution in [-0.4, -0.2) is 12.5 Å². The van der Waals surface area contributed by atoms with Crippen LogP contribution in [0.4, 0.5) is 5.69 Å². The second-order valence-corrected chi connectivity index (χ2v) is 5.66. The van der Waals surface area contributed by atoms with Crippen LogP contribution in [0.15, 0.2) is 48.0 Å². The van der Waals surface area contributed by atoms with Crippen molar-refractivity contribution in [1.29, 1.82) is 10.5 Å². The predicted octanol–water partition coefficient (Wildman–Crippen LogP) is 4.44. The van der Waals surface area contributed by atoms with Gasteiger partial charge in [0, 0.05) is 10.7 Å². The molecular formula is C18H11Cl2N3O2. The number of rotatable bonds is 5. The molecular weight excluding hydrogens is 361 g/mol. The van der Waals surface area contributed by atoms with E-state index in [0.29, 0.717) is 27.0 Å². The van der Waals surface area contributed by atoms with Crippen LogP contribution in [0.25, 0.3) is 6.08 Å². The highest BCUT2D eigenvalue weighted by Crippen LogP contribution is 2.27. The highest BCUT2D eigenvalue weighted by Gasteiger charge is 2.07. The predicted molar refractivity (Wildman–Crippen MR) is 96.2 cm³/mol. The summed E-state index contributed by atoms with van der Waals surface area (Å²) in [5, 5.41) is 20.9. The van der Waals surface area contributed by atoms with Crippen molar-refractivity contribution in [2.75, 3.05) is 11.9 Å². The number of carbonyl (C=O) groups is 1. The summed E-state index contributed by atoms with van der Waals surface area (Å²) in [6, 6.07) is 15.0. The van der Waals surface area contributed by atoms with Gasteiger partial charge in [-0.2, -0.15) is 10.5 Å². The summed E-state index contributed by atoms with van der Waals surface area (Å²) >= 11 is 11.8. The van der Waals surface area contributed by atoms with Crippen molar-refractivity contribution in [2.45, 2.75) is 0 Å². The molecule has 2 aromatic carbocycles. The molecule has 0 radical (unpaired) electrons. The van der Waals surface area contributed by atoms with E-state index in [9.17, 15) is 4.79 Å². The summed E-state index contributed by atoms with van der Waals surface area (Å²) in [7, 11) is 0. The second-order valence-electron chi connectivity index (χ2n) is 4.82. The summed E-state index contributed by atoms with van der Waals surface area (Å²) in [6.45, 7) is -0.212. The Bertz CT molecular complexity index is 878. The van der Waals surface area contributed by atoms with Gasteiger partial charge in [-0.05, 0) is 42.0 Å². The van der Waals surface area contributed by atoms with Crippen LogP contribution < -0.4 is 10.1 Å². The van der Waals surface area contributed by atoms with E-state index in [1.807, 2.05) is 0 Å². The molecule has 0 saturated carbocycles. The smallest absolute Gasteiger partial charge is 0.262 e. The molecule has 0 saturated heterocycles. The van der Waals surface area contributed by atoms with E-state index in [-0.39, 0.29) is 18.1 Å². The number of nitrogens with one attached hydrogen (secondary N) is 1. The average molecular weight is 372 g/mol. The van der Waals surface area contributed by atoms with Crippen LogP contribution in [-0.2, 0) is 4.79 Å². The lowest BCUT2D eigenvalue weighted by molar-refractivity contribution is -0.118. The molecule has 7 heteroatoms. The first-order valence-corrected chi connectivity index (χ1v) is 7.77. The highest BCUT2D eigenvalue weighted by molar-refractivity contribution is 6.35. The van der Waals surface area contributed by atoms with E-state index in [1.165, 1.54) is 12.1 Å². The van der Waals surface area contributed by atoms with E-state index in [4.69, 9.17) is 38.5 Å². The zero-order chi connectivity index (χ0) is 18.2. The van der Waals surface area contributed by atoms with Crippen molar-refractivity contribution in [2.24, 2.45) is 0 Å². The second kappa shape index (κ2) is 8.75. The summed E-state index contributed by atoms with van der Waals surface area (Å²) in [5.74, 6) is 0.00582. The van der Waals surface area contributed by atoms with E-state index in [2.05, 4.69) is 5.32 Å². The first-order chi connectivity index (χ1) is 12.0. The average Bonchev–Trinajstić information content (AvgIpc) is 2.60. The Hall–Kier alpha value is -2.99. The molecule has 0 bridgehead atoms. The Labute approximate surface area is 154 Å². The minimum Gasteiger partial charge on any atom is -0.482 e. The van der Waals surface area contributed by atoms with Gasteiger partial charge < -0.3 is 10.1 Å². The number of amides is 1. The maximum atomic E-state index is 11.9. The molecule has 25 heavy (non-hydrogen) atoms. The van der Waals surface area contributed by atoms with Gasteiger partial charge in [-0.25, -0.2) is 0 Å². The minimum absolute atomic E-state index is 0.00466. The number of carbonyl (C=O) groups excluding carboxylic acids is 1. The van der Waals surface area contributed by atoms with Crippen molar-refractivity contribution in [3.63, 3.8) is 0 Å². The molecule has 0 aliphatic rings. The van der Waals surface area contributed by atoms with Gasteiger partial charge >= 0.3 is 0 Å². The van der Waals surface area contributed by atoms with Crippen LogP contribution >= 0.6 is 23.2 Å². The molecule has 0 aliphatic carbocycles. The molecule has 0 aliphatic heterocycles. The van der Waals surface area contributed by atoms with Crippen LogP contribution in [0.3, 0.4) is 0 Å². The van der Waals surface area contributed by atoms with Gasteiger partial charge in [-0.3, -0.25) is 4.79 Å². The number of allylic oxidation sites excluding steroid dienone is 1. The van der Waals surface area contributed by atoms with Crippen LogP contribution in [0.1, 0.15) is 5.56 Å². The third kappa shape index (κ3) is 5.54. The van der Waals surface area contributed by atoms with E-state index in [1.54, 1.807) is 48.5 Å². The lowest BCUT2D eigenvalue weighted by Gasteiger charge is -2.09. The zero-order valence-electron chi connectivity index (χ0n) is 12.8. The molecule has 0 spiro atoms. The third-order valence-corrected chi connectivity index (χ3v) is 3.53. The van der Waals surface area contributed by atoms with E-state index < -0.39 is 0 Å². The number of halogens is 2. The van der Waals surface area contributed by atoms with Crippen LogP contribution in [0, 0.1) is 22.7 Å². The maximum absolute atomic E-state index is 11.9. The van der Waals surface area contributed by atoms with Gasteiger partial charge in [0.15, 0.2) is 6.61 Å². The third-order valence-electron chi connectivity index (χ3n) is 3.00. The number of anilines is 1. The molecule has 1 N–H and O–H groups in total. The maximum Gasteiger partial charge on any atom is 0.262 e. The fourth-order valence-corrected chi connectivity index (χ4v) is 2.31. The molecule has 0 heterocycles. The quantitative estimate of drug-likeness (QED) is 0.786. The van der Waals surface area contributed by atoms with Crippen molar-refractivity contribution < 1.29 is 9.53 Å². The molecule has 0 fully saturated rings. The van der Waals surface area contributed by atoms with Crippen molar-refractivity contribution in [3.05, 3.63) is 63.6 Å². The fraction of sp³-hybridized carbons (Fsp3) is 0.0556. The summed E-state index contributed by atoms with van der Waals surface area (Å²) in [6.07, 6.45) is 1.46. The first-order valence-electron chi connectivity index (χ1n) is 7.01. The van der Waals surface area contributed by atoms with Gasteiger partial charge in [-0.15, -0.1) is 0 Å². The molecule has 2 aromatic rings. The number of nitrogens with zero attached hydrogens (tertiary/aromatic N) is 2. The van der Waals surface area contributed by atoms with Crippen LogP contribution in [0.5, 0.6) is 5.75 Å². The number of nitriles is 2. The Balaban J connectivity index is 1.94. The lowest BCUT2D eigenvalue weighted by Crippen LogP contribution is -2.20. The monoisotopic (exact) mass is 371 g/mol. The van der Waals surface area contributed by atoms with Gasteiger partial charge in [0.2, 0.25) is 0 Å². The summed E-state index contributed by atoms with van der Waals surface area (Å²) in [5.41, 5.74) is 1.24. The highest BCUT2D eigenvalue weighted by atomic mass is 35.5. The Morgan fingerprint density at radius 2 is 1.80 bits per heavy atom. The first kappa shape index (κ1) is 18.4. The summed E-state index contributed by atoms with van der Waals surface area (Å²) < 4.78 is 5.35. The Morgan fingerprint density at radius 1 is 1.12 bits per heavy atom. The van der Waals surface area contributed by atoms with Gasteiger partial charge in [-0.1, -0.05) is 35.3 Å². The van der Waals surface area contributed by atoms with E-state index >= 15 is 0 Å². The van der Waals surface area contributed by atoms with Crippen LogP contribution in [0.2, 0.25) is 10.0 Å². The fourth-order valence-electron chi connectivity index (χ4n) is 1.85. The normalized spacial score (nSPS) is 9.44. The summed E-state index contributed by atoms with van der Waals surface area (Å²) in [4.78, 5) is 11.9. The number of hydrogen-bond donors (Lipinski definition) is 1.